The predicted molar refractivity (Wildman–Crippen MR) is 129 cm³/mol. The molecule has 3 N–H and O–H groups in total. The van der Waals surface area contributed by atoms with E-state index in [4.69, 9.17) is 23.2 Å². The fraction of sp³-hybridized carbons (Fsp3) is 0.0870. The average Bonchev–Trinajstić information content (AvgIpc) is 2.89. The summed E-state index contributed by atoms with van der Waals surface area (Å²) in [6.07, 6.45) is 0. The molecule has 0 saturated heterocycles. The first-order chi connectivity index (χ1) is 15.2. The molecule has 1 aliphatic rings. The summed E-state index contributed by atoms with van der Waals surface area (Å²) in [6.45, 7) is 1.42. The zero-order valence-corrected chi connectivity index (χ0v) is 19.2. The molecule has 0 aromatic heterocycles. The summed E-state index contributed by atoms with van der Waals surface area (Å²) in [5, 5.41) is 6.91. The smallest absolute Gasteiger partial charge is 0.261 e. The van der Waals surface area contributed by atoms with Gasteiger partial charge in [0.15, 0.2) is 5.78 Å². The van der Waals surface area contributed by atoms with Crippen molar-refractivity contribution in [3.8, 4) is 0 Å². The molecule has 9 heteroatoms. The summed E-state index contributed by atoms with van der Waals surface area (Å²) in [6, 6.07) is 19.7. The predicted octanol–water partition coefficient (Wildman–Crippen LogP) is 5.76. The zero-order chi connectivity index (χ0) is 22.9. The number of rotatable bonds is 5. The van der Waals surface area contributed by atoms with Gasteiger partial charge in [-0.2, -0.15) is 0 Å². The topological polar surface area (TPSA) is 87.3 Å². The van der Waals surface area contributed by atoms with Crippen LogP contribution in [0.15, 0.2) is 88.4 Å². The number of anilines is 3. The zero-order valence-electron chi connectivity index (χ0n) is 16.9. The maximum atomic E-state index is 12.9. The number of fused-ring (bicyclic) bond motifs is 1. The van der Waals surface area contributed by atoms with Gasteiger partial charge in [0.2, 0.25) is 0 Å². The van der Waals surface area contributed by atoms with Crippen molar-refractivity contribution in [3.63, 3.8) is 0 Å². The number of benzene rings is 3. The highest BCUT2D eigenvalue weighted by atomic mass is 35.5. The molecular weight excluding hydrogens is 469 g/mol. The van der Waals surface area contributed by atoms with E-state index >= 15 is 0 Å². The molecule has 0 saturated carbocycles. The minimum Gasteiger partial charge on any atom is -0.372 e. The van der Waals surface area contributed by atoms with Gasteiger partial charge < -0.3 is 10.6 Å². The first-order valence-electron chi connectivity index (χ1n) is 9.66. The third kappa shape index (κ3) is 4.60. The van der Waals surface area contributed by atoms with E-state index in [1.165, 1.54) is 19.1 Å². The van der Waals surface area contributed by atoms with Gasteiger partial charge in [0.25, 0.3) is 10.0 Å². The highest BCUT2D eigenvalue weighted by Gasteiger charge is 2.29. The summed E-state index contributed by atoms with van der Waals surface area (Å²) >= 11 is 12.7. The Morgan fingerprint density at radius 1 is 0.938 bits per heavy atom. The molecule has 0 spiro atoms. The van der Waals surface area contributed by atoms with Gasteiger partial charge in [-0.25, -0.2) is 8.42 Å². The lowest BCUT2D eigenvalue weighted by molar-refractivity contribution is -0.113. The fourth-order valence-electron chi connectivity index (χ4n) is 3.47. The monoisotopic (exact) mass is 487 g/mol. The largest absolute Gasteiger partial charge is 0.372 e. The van der Waals surface area contributed by atoms with Crippen LogP contribution in [0, 0.1) is 0 Å². The van der Waals surface area contributed by atoms with E-state index in [9.17, 15) is 13.2 Å². The van der Waals surface area contributed by atoms with E-state index in [0.29, 0.717) is 27.7 Å². The number of ketones is 1. The number of nitrogens with one attached hydrogen (secondary N) is 3. The summed E-state index contributed by atoms with van der Waals surface area (Å²) in [5.74, 6) is -0.230. The molecule has 3 aromatic carbocycles. The molecule has 0 fully saturated rings. The van der Waals surface area contributed by atoms with Crippen LogP contribution in [0.25, 0.3) is 0 Å². The Kier molecular flexibility index (Phi) is 6.15. The second kappa shape index (κ2) is 8.86. The van der Waals surface area contributed by atoms with Crippen LogP contribution in [-0.4, -0.2) is 14.2 Å². The molecule has 0 radical (unpaired) electrons. The third-order valence-electron chi connectivity index (χ3n) is 4.96. The Bertz CT molecular complexity index is 1330. The molecule has 0 aliphatic carbocycles. The number of hydrogen-bond acceptors (Lipinski definition) is 5. The SMILES string of the molecule is CC(=O)C1=C(Cl)Nc2cc(S(=O)(=O)Nc3ccccc3)ccc2NC1c1cccc(Cl)c1. The molecule has 3 aromatic rings. The Morgan fingerprint density at radius 2 is 1.69 bits per heavy atom. The lowest BCUT2D eigenvalue weighted by Gasteiger charge is -2.21. The Balaban J connectivity index is 1.75. The van der Waals surface area contributed by atoms with Gasteiger partial charge >= 0.3 is 0 Å². The molecule has 0 bridgehead atoms. The number of carbonyl (C=O) groups excluding carboxylic acids is 1. The van der Waals surface area contributed by atoms with Crippen LogP contribution < -0.4 is 15.4 Å². The maximum absolute atomic E-state index is 12.9. The molecule has 1 heterocycles. The summed E-state index contributed by atoms with van der Waals surface area (Å²) in [4.78, 5) is 12.5. The number of Topliss-reactive ketones (excluding diaryl/α,β-unsaturated/α-hetero) is 1. The van der Waals surface area contributed by atoms with Crippen molar-refractivity contribution >= 4 is 56.1 Å². The van der Waals surface area contributed by atoms with Crippen LogP contribution in [0.4, 0.5) is 17.1 Å². The van der Waals surface area contributed by atoms with E-state index in [1.54, 1.807) is 54.6 Å². The summed E-state index contributed by atoms with van der Waals surface area (Å²) < 4.78 is 28.3. The second-order valence-electron chi connectivity index (χ2n) is 7.22. The molecule has 1 aliphatic heterocycles. The molecule has 164 valence electrons. The molecule has 1 atom stereocenters. The number of hydrogen-bond donors (Lipinski definition) is 3. The van der Waals surface area contributed by atoms with Crippen LogP contribution >= 0.6 is 23.2 Å². The van der Waals surface area contributed by atoms with Crippen molar-refractivity contribution in [2.45, 2.75) is 17.9 Å². The highest BCUT2D eigenvalue weighted by molar-refractivity contribution is 7.92. The van der Waals surface area contributed by atoms with E-state index < -0.39 is 16.1 Å². The van der Waals surface area contributed by atoms with Crippen molar-refractivity contribution < 1.29 is 13.2 Å². The first kappa shape index (κ1) is 22.2. The number of halogens is 2. The van der Waals surface area contributed by atoms with Gasteiger partial charge in [-0.15, -0.1) is 0 Å². The normalized spacial score (nSPS) is 15.8. The molecule has 6 nitrogen and oxygen atoms in total. The van der Waals surface area contributed by atoms with Gasteiger partial charge in [0, 0.05) is 10.7 Å². The Labute approximate surface area is 196 Å². The Morgan fingerprint density at radius 3 is 2.38 bits per heavy atom. The standard InChI is InChI=1S/C23H19Cl2N3O3S/c1-14(29)21-22(15-6-5-7-16(24)12-15)26-19-11-10-18(13-20(19)27-23(21)25)32(30,31)28-17-8-3-2-4-9-17/h2-13,22,26-28H,1H3. The summed E-state index contributed by atoms with van der Waals surface area (Å²) in [5.41, 5.74) is 2.53. The molecule has 0 amide bonds. The van der Waals surface area contributed by atoms with Crippen LogP contribution in [-0.2, 0) is 14.8 Å². The minimum absolute atomic E-state index is 0.0458. The lowest BCUT2D eigenvalue weighted by atomic mass is 9.96. The van der Waals surface area contributed by atoms with E-state index in [-0.39, 0.29) is 15.8 Å². The first-order valence-corrected chi connectivity index (χ1v) is 11.9. The van der Waals surface area contributed by atoms with Crippen molar-refractivity contribution in [1.82, 2.24) is 0 Å². The van der Waals surface area contributed by atoms with Crippen molar-refractivity contribution in [3.05, 3.63) is 94.1 Å². The second-order valence-corrected chi connectivity index (χ2v) is 9.72. The van der Waals surface area contributed by atoms with Gasteiger partial charge in [0.1, 0.15) is 5.16 Å². The van der Waals surface area contributed by atoms with Gasteiger partial charge in [0.05, 0.1) is 27.9 Å². The fourth-order valence-corrected chi connectivity index (χ4v) is 5.10. The molecule has 4 rings (SSSR count). The van der Waals surface area contributed by atoms with Crippen LogP contribution in [0.3, 0.4) is 0 Å². The maximum Gasteiger partial charge on any atom is 0.261 e. The van der Waals surface area contributed by atoms with Crippen molar-refractivity contribution in [2.24, 2.45) is 0 Å². The van der Waals surface area contributed by atoms with E-state index in [0.717, 1.165) is 5.56 Å². The van der Waals surface area contributed by atoms with Crippen LogP contribution in [0.5, 0.6) is 0 Å². The number of para-hydroxylation sites is 1. The van der Waals surface area contributed by atoms with Crippen molar-refractivity contribution in [2.75, 3.05) is 15.4 Å². The highest BCUT2D eigenvalue weighted by Crippen LogP contribution is 2.39. The lowest BCUT2D eigenvalue weighted by Crippen LogP contribution is -2.18. The van der Waals surface area contributed by atoms with Crippen LogP contribution in [0.2, 0.25) is 5.02 Å². The van der Waals surface area contributed by atoms with Crippen molar-refractivity contribution in [1.29, 1.82) is 0 Å². The molecule has 1 unspecified atom stereocenters. The third-order valence-corrected chi connectivity index (χ3v) is 6.87. The van der Waals surface area contributed by atoms with E-state index in [2.05, 4.69) is 15.4 Å². The quantitative estimate of drug-likeness (QED) is 0.398. The summed E-state index contributed by atoms with van der Waals surface area (Å²) in [7, 11) is -3.84. The van der Waals surface area contributed by atoms with Gasteiger partial charge in [-0.05, 0) is 55.0 Å². The average molecular weight is 488 g/mol. The molecular formula is C23H19Cl2N3O3S. The molecule has 32 heavy (non-hydrogen) atoms. The number of sulfonamides is 1. The van der Waals surface area contributed by atoms with Gasteiger partial charge in [-0.3, -0.25) is 9.52 Å². The minimum atomic E-state index is -3.84. The van der Waals surface area contributed by atoms with E-state index in [1.807, 2.05) is 6.07 Å². The Hall–Kier alpha value is -3.00. The van der Waals surface area contributed by atoms with Gasteiger partial charge in [-0.1, -0.05) is 53.5 Å². The van der Waals surface area contributed by atoms with Crippen LogP contribution in [0.1, 0.15) is 18.5 Å². The number of carbonyl (C=O) groups is 1.